The summed E-state index contributed by atoms with van der Waals surface area (Å²) in [4.78, 5) is 11.5. The summed E-state index contributed by atoms with van der Waals surface area (Å²) in [6.07, 6.45) is 0.738. The van der Waals surface area contributed by atoms with Crippen molar-refractivity contribution in [3.63, 3.8) is 0 Å². The van der Waals surface area contributed by atoms with Crippen molar-refractivity contribution in [3.05, 3.63) is 29.3 Å². The number of aliphatic carboxylic acids is 1. The van der Waals surface area contributed by atoms with E-state index in [2.05, 4.69) is 19.1 Å². The van der Waals surface area contributed by atoms with E-state index in [0.29, 0.717) is 30.1 Å². The lowest BCUT2D eigenvalue weighted by Crippen LogP contribution is -2.60. The number of aliphatic hydroxyl groups excluding tert-OH is 1. The molecule has 1 aromatic rings. The molecule has 280 valence electrons. The summed E-state index contributed by atoms with van der Waals surface area (Å²) in [5, 5.41) is 20.2. The minimum absolute atomic E-state index is 0.0449. The number of ether oxygens (including phenoxy) is 1. The molecule has 0 heterocycles. The standard InChI is InChI=1S/C36H49F9O4/c1-32-18-17-27-26-13-12-25(49-2)21-24(26)20-23(30(27)28(32)14-15-29(32)46)11-9-7-5-3-4-6-8-10-22(31(47)48)16-19-33(37,38)34(39,40)35(41,42)36(43,44)45/h12-13,21-23,27-30,46H,3-11,14-20H2,1-2H3,(H,47,48)/t22-,23?,27?,28?,29?,30?,32+/m1/s1. The van der Waals surface area contributed by atoms with Crippen molar-refractivity contribution in [1.82, 2.24) is 0 Å². The minimum Gasteiger partial charge on any atom is -0.497 e. The summed E-state index contributed by atoms with van der Waals surface area (Å²) in [5.74, 6) is -19.8. The van der Waals surface area contributed by atoms with Gasteiger partial charge < -0.3 is 14.9 Å². The number of carboxylic acid groups (broad SMARTS) is 1. The fraction of sp³-hybridized carbons (Fsp3) is 0.806. The van der Waals surface area contributed by atoms with Gasteiger partial charge in [0.1, 0.15) is 5.75 Å². The molecule has 0 aliphatic heterocycles. The van der Waals surface area contributed by atoms with Crippen LogP contribution in [0, 0.1) is 29.1 Å². The SMILES string of the molecule is COc1ccc2c(c1)CC(CCCCCCCCC[C@H](CCC(F)(F)C(F)(F)C(F)(F)C(F)(F)F)C(=O)O)C1C2CC[C@]2(C)C(O)CCC12. The van der Waals surface area contributed by atoms with Gasteiger partial charge >= 0.3 is 29.9 Å². The number of rotatable bonds is 17. The Labute approximate surface area is 282 Å². The number of fused-ring (bicyclic) bond motifs is 5. The number of hydrogen-bond donors (Lipinski definition) is 2. The Morgan fingerprint density at radius 2 is 1.53 bits per heavy atom. The smallest absolute Gasteiger partial charge is 0.460 e. The number of carbonyl (C=O) groups is 1. The van der Waals surface area contributed by atoms with E-state index in [0.717, 1.165) is 76.4 Å². The van der Waals surface area contributed by atoms with Crippen LogP contribution in [0.25, 0.3) is 0 Å². The average Bonchev–Trinajstić information content (AvgIpc) is 3.33. The van der Waals surface area contributed by atoms with Crippen LogP contribution in [0.5, 0.6) is 5.75 Å². The summed E-state index contributed by atoms with van der Waals surface area (Å²) < 4.78 is 124. The Morgan fingerprint density at radius 3 is 2.14 bits per heavy atom. The number of carboxylic acids is 1. The number of halogens is 9. The maximum atomic E-state index is 13.9. The minimum atomic E-state index is -6.97. The molecular weight excluding hydrogens is 667 g/mol. The summed E-state index contributed by atoms with van der Waals surface area (Å²) in [7, 11) is 1.67. The molecule has 2 N–H and O–H groups in total. The van der Waals surface area contributed by atoms with E-state index < -0.39 is 48.7 Å². The lowest BCUT2D eigenvalue weighted by Gasteiger charge is -2.53. The molecule has 5 unspecified atom stereocenters. The first kappa shape index (κ1) is 39.6. The van der Waals surface area contributed by atoms with Gasteiger partial charge in [0, 0.05) is 6.42 Å². The van der Waals surface area contributed by atoms with Crippen molar-refractivity contribution in [1.29, 1.82) is 0 Å². The molecule has 0 amide bonds. The Bertz CT molecular complexity index is 1270. The van der Waals surface area contributed by atoms with Crippen LogP contribution in [0.2, 0.25) is 0 Å². The van der Waals surface area contributed by atoms with Gasteiger partial charge in [0.05, 0.1) is 19.1 Å². The van der Waals surface area contributed by atoms with E-state index in [1.54, 1.807) is 7.11 Å². The molecule has 2 fully saturated rings. The molecule has 0 saturated heterocycles. The van der Waals surface area contributed by atoms with E-state index in [1.807, 2.05) is 6.07 Å². The van der Waals surface area contributed by atoms with Crippen molar-refractivity contribution in [3.8, 4) is 5.75 Å². The van der Waals surface area contributed by atoms with Crippen molar-refractivity contribution in [2.45, 2.75) is 146 Å². The van der Waals surface area contributed by atoms with E-state index in [4.69, 9.17) is 4.74 Å². The molecule has 7 atom stereocenters. The third kappa shape index (κ3) is 8.01. The second-order valence-electron chi connectivity index (χ2n) is 14.9. The van der Waals surface area contributed by atoms with Crippen LogP contribution in [0.3, 0.4) is 0 Å². The Balaban J connectivity index is 1.21. The van der Waals surface area contributed by atoms with Crippen LogP contribution in [-0.4, -0.2) is 53.3 Å². The van der Waals surface area contributed by atoms with Gasteiger partial charge in [-0.2, -0.15) is 39.5 Å². The van der Waals surface area contributed by atoms with Crippen molar-refractivity contribution in [2.24, 2.45) is 29.1 Å². The fourth-order valence-corrected chi connectivity index (χ4v) is 9.14. The van der Waals surface area contributed by atoms with E-state index in [1.165, 1.54) is 11.1 Å². The predicted octanol–water partition coefficient (Wildman–Crippen LogP) is 10.6. The molecule has 2 saturated carbocycles. The lowest BCUT2D eigenvalue weighted by atomic mass is 9.52. The van der Waals surface area contributed by atoms with Crippen LogP contribution >= 0.6 is 0 Å². The monoisotopic (exact) mass is 716 g/mol. The van der Waals surface area contributed by atoms with Crippen molar-refractivity contribution >= 4 is 5.97 Å². The highest BCUT2D eigenvalue weighted by molar-refractivity contribution is 5.69. The molecule has 0 spiro atoms. The molecule has 0 radical (unpaired) electrons. The van der Waals surface area contributed by atoms with Gasteiger partial charge in [0.2, 0.25) is 0 Å². The lowest BCUT2D eigenvalue weighted by molar-refractivity contribution is -0.396. The average molecular weight is 717 g/mol. The number of methoxy groups -OCH3 is 1. The summed E-state index contributed by atoms with van der Waals surface area (Å²) in [6.45, 7) is 2.26. The fourth-order valence-electron chi connectivity index (χ4n) is 9.14. The normalized spacial score (nSPS) is 28.0. The molecule has 1 aromatic carbocycles. The van der Waals surface area contributed by atoms with E-state index in [9.17, 15) is 54.5 Å². The highest BCUT2D eigenvalue weighted by Crippen LogP contribution is 2.63. The molecule has 13 heteroatoms. The van der Waals surface area contributed by atoms with Gasteiger partial charge in [-0.3, -0.25) is 4.79 Å². The summed E-state index contributed by atoms with van der Waals surface area (Å²) >= 11 is 0. The Kier molecular flexibility index (Phi) is 12.3. The van der Waals surface area contributed by atoms with E-state index >= 15 is 0 Å². The predicted molar refractivity (Wildman–Crippen MR) is 165 cm³/mol. The molecule has 0 aromatic heterocycles. The first-order valence-corrected chi connectivity index (χ1v) is 17.6. The summed E-state index contributed by atoms with van der Waals surface area (Å²) in [6, 6.07) is 6.43. The topological polar surface area (TPSA) is 66.8 Å². The first-order valence-electron chi connectivity index (χ1n) is 17.6. The van der Waals surface area contributed by atoms with Crippen molar-refractivity contribution in [2.75, 3.05) is 7.11 Å². The van der Waals surface area contributed by atoms with Gasteiger partial charge in [-0.05, 0) is 104 Å². The zero-order valence-corrected chi connectivity index (χ0v) is 28.1. The number of benzene rings is 1. The van der Waals surface area contributed by atoms with Crippen LogP contribution in [0.1, 0.15) is 120 Å². The molecule has 4 rings (SSSR count). The van der Waals surface area contributed by atoms with Crippen LogP contribution in [-0.2, 0) is 11.2 Å². The van der Waals surface area contributed by atoms with Gasteiger partial charge in [0.15, 0.2) is 0 Å². The second-order valence-corrected chi connectivity index (χ2v) is 14.9. The number of aliphatic hydroxyl groups is 1. The molecule has 3 aliphatic rings. The van der Waals surface area contributed by atoms with Crippen LogP contribution in [0.15, 0.2) is 18.2 Å². The third-order valence-electron chi connectivity index (χ3n) is 12.1. The first-order chi connectivity index (χ1) is 22.8. The molecule has 49 heavy (non-hydrogen) atoms. The number of unbranched alkanes of at least 4 members (excludes halogenated alkanes) is 6. The number of alkyl halides is 9. The Morgan fingerprint density at radius 1 is 0.898 bits per heavy atom. The highest BCUT2D eigenvalue weighted by atomic mass is 19.4. The Hall–Kier alpha value is -2.18. The van der Waals surface area contributed by atoms with Gasteiger partial charge in [-0.15, -0.1) is 0 Å². The highest BCUT2D eigenvalue weighted by Gasteiger charge is 2.81. The quantitative estimate of drug-likeness (QED) is 0.124. The van der Waals surface area contributed by atoms with Gasteiger partial charge in [0.25, 0.3) is 0 Å². The summed E-state index contributed by atoms with van der Waals surface area (Å²) in [5.41, 5.74) is 2.73. The third-order valence-corrected chi connectivity index (χ3v) is 12.1. The number of hydrogen-bond acceptors (Lipinski definition) is 3. The molecule has 3 aliphatic carbocycles. The van der Waals surface area contributed by atoms with Crippen molar-refractivity contribution < 1.29 is 59.3 Å². The second kappa shape index (κ2) is 15.2. The van der Waals surface area contributed by atoms with Gasteiger partial charge in [-0.25, -0.2) is 0 Å². The zero-order valence-electron chi connectivity index (χ0n) is 28.1. The maximum Gasteiger partial charge on any atom is 0.460 e. The van der Waals surface area contributed by atoms with Crippen LogP contribution < -0.4 is 4.74 Å². The maximum absolute atomic E-state index is 13.9. The molecular formula is C36H49F9O4. The molecule has 0 bridgehead atoms. The van der Waals surface area contributed by atoms with Gasteiger partial charge in [-0.1, -0.05) is 57.9 Å². The largest absolute Gasteiger partial charge is 0.497 e. The van der Waals surface area contributed by atoms with E-state index in [-0.39, 0.29) is 24.4 Å². The van der Waals surface area contributed by atoms with Crippen LogP contribution in [0.4, 0.5) is 39.5 Å². The zero-order chi connectivity index (χ0) is 36.4. The molecule has 4 nitrogen and oxygen atoms in total.